The number of hydrogen-bond acceptors (Lipinski definition) is 4. The Kier molecular flexibility index (Phi) is 3.67. The van der Waals surface area contributed by atoms with Crippen molar-refractivity contribution in [2.75, 3.05) is 6.54 Å². The molecular weight excluding hydrogens is 302 g/mol. The molecule has 3 unspecified atom stereocenters. The van der Waals surface area contributed by atoms with Crippen molar-refractivity contribution in [2.45, 2.75) is 26.7 Å². The zero-order valence-corrected chi connectivity index (χ0v) is 13.9. The second-order valence-corrected chi connectivity index (χ2v) is 6.91. The number of aryl methyl sites for hydroxylation is 1. The van der Waals surface area contributed by atoms with Gasteiger partial charge in [-0.25, -0.2) is 0 Å². The van der Waals surface area contributed by atoms with E-state index in [1.807, 2.05) is 26.0 Å². The molecule has 3 atom stereocenters. The Morgan fingerprint density at radius 3 is 2.83 bits per heavy atom. The number of carbonyl (C=O) groups excluding carboxylic acids is 1. The average molecular weight is 323 g/mol. The Bertz CT molecular complexity index is 796. The number of aromatic nitrogens is 4. The topological polar surface area (TPSA) is 72.7 Å². The molecule has 0 aliphatic heterocycles. The number of benzene rings is 1. The van der Waals surface area contributed by atoms with E-state index in [2.05, 4.69) is 33.0 Å². The van der Waals surface area contributed by atoms with Crippen LogP contribution in [-0.2, 0) is 0 Å². The monoisotopic (exact) mass is 323 g/mol. The Balaban J connectivity index is 1.56. The van der Waals surface area contributed by atoms with Gasteiger partial charge in [0.1, 0.15) is 6.33 Å². The van der Waals surface area contributed by atoms with Crippen LogP contribution < -0.4 is 5.32 Å². The largest absolute Gasteiger partial charge is 0.352 e. The van der Waals surface area contributed by atoms with Gasteiger partial charge < -0.3 is 5.32 Å². The SMILES string of the molecule is Cc1ccc(C(=O)NCC2CC3C=CC2C3)c(-n2cnnn2)c1C. The van der Waals surface area contributed by atoms with Crippen molar-refractivity contribution in [1.29, 1.82) is 0 Å². The van der Waals surface area contributed by atoms with Gasteiger partial charge in [-0.05, 0) is 72.1 Å². The first kappa shape index (κ1) is 15.1. The van der Waals surface area contributed by atoms with E-state index in [1.165, 1.54) is 19.2 Å². The van der Waals surface area contributed by atoms with Crippen molar-refractivity contribution in [1.82, 2.24) is 25.5 Å². The van der Waals surface area contributed by atoms with Crippen LogP contribution in [0, 0.1) is 31.6 Å². The molecule has 1 heterocycles. The van der Waals surface area contributed by atoms with E-state index < -0.39 is 0 Å². The average Bonchev–Trinajstić information content (AvgIpc) is 3.32. The van der Waals surface area contributed by atoms with Crippen LogP contribution in [0.2, 0.25) is 0 Å². The minimum atomic E-state index is -0.0599. The molecule has 0 spiro atoms. The first-order valence-electron chi connectivity index (χ1n) is 8.43. The van der Waals surface area contributed by atoms with Gasteiger partial charge in [-0.2, -0.15) is 4.68 Å². The highest BCUT2D eigenvalue weighted by Gasteiger charge is 2.35. The van der Waals surface area contributed by atoms with Gasteiger partial charge in [0.25, 0.3) is 5.91 Å². The van der Waals surface area contributed by atoms with Crippen molar-refractivity contribution in [2.24, 2.45) is 17.8 Å². The lowest BCUT2D eigenvalue weighted by molar-refractivity contribution is 0.0945. The van der Waals surface area contributed by atoms with Gasteiger partial charge >= 0.3 is 0 Å². The normalized spacial score (nSPS) is 24.5. The molecular formula is C18H21N5O. The molecule has 6 heteroatoms. The molecule has 1 aromatic heterocycles. The lowest BCUT2D eigenvalue weighted by atomic mass is 9.93. The molecule has 2 aliphatic rings. The van der Waals surface area contributed by atoms with Crippen LogP contribution in [0.3, 0.4) is 0 Å². The predicted molar refractivity (Wildman–Crippen MR) is 89.8 cm³/mol. The maximum absolute atomic E-state index is 12.8. The maximum Gasteiger partial charge on any atom is 0.253 e. The molecule has 0 saturated heterocycles. The summed E-state index contributed by atoms with van der Waals surface area (Å²) >= 11 is 0. The van der Waals surface area contributed by atoms with E-state index in [9.17, 15) is 4.79 Å². The molecule has 2 bridgehead atoms. The van der Waals surface area contributed by atoms with Crippen LogP contribution >= 0.6 is 0 Å². The summed E-state index contributed by atoms with van der Waals surface area (Å²) in [4.78, 5) is 12.8. The Morgan fingerprint density at radius 1 is 1.29 bits per heavy atom. The third-order valence-electron chi connectivity index (χ3n) is 5.47. The van der Waals surface area contributed by atoms with E-state index in [4.69, 9.17) is 0 Å². The van der Waals surface area contributed by atoms with Crippen LogP contribution in [0.5, 0.6) is 0 Å². The number of rotatable bonds is 4. The van der Waals surface area contributed by atoms with Gasteiger partial charge in [0.2, 0.25) is 0 Å². The zero-order valence-electron chi connectivity index (χ0n) is 13.9. The van der Waals surface area contributed by atoms with E-state index in [1.54, 1.807) is 4.68 Å². The van der Waals surface area contributed by atoms with E-state index >= 15 is 0 Å². The number of fused-ring (bicyclic) bond motifs is 2. The third kappa shape index (κ3) is 2.52. The summed E-state index contributed by atoms with van der Waals surface area (Å²) in [5.74, 6) is 1.85. The van der Waals surface area contributed by atoms with Crippen LogP contribution in [0.15, 0.2) is 30.6 Å². The molecule has 4 rings (SSSR count). The summed E-state index contributed by atoms with van der Waals surface area (Å²) in [7, 11) is 0. The summed E-state index contributed by atoms with van der Waals surface area (Å²) in [5, 5.41) is 14.5. The first-order valence-corrected chi connectivity index (χ1v) is 8.43. The smallest absolute Gasteiger partial charge is 0.253 e. The second kappa shape index (κ2) is 5.85. The van der Waals surface area contributed by atoms with Gasteiger partial charge in [0.05, 0.1) is 11.3 Å². The Morgan fingerprint density at radius 2 is 2.17 bits per heavy atom. The fraction of sp³-hybridized carbons (Fsp3) is 0.444. The van der Waals surface area contributed by atoms with Crippen LogP contribution in [0.1, 0.15) is 34.3 Å². The van der Waals surface area contributed by atoms with E-state index in [-0.39, 0.29) is 5.91 Å². The number of nitrogens with one attached hydrogen (secondary N) is 1. The molecule has 1 fully saturated rings. The molecule has 0 radical (unpaired) electrons. The highest BCUT2D eigenvalue weighted by molar-refractivity contribution is 5.98. The lowest BCUT2D eigenvalue weighted by Gasteiger charge is -2.19. The number of carbonyl (C=O) groups is 1. The van der Waals surface area contributed by atoms with E-state index in [0.717, 1.165) is 29.3 Å². The molecule has 1 saturated carbocycles. The van der Waals surface area contributed by atoms with Gasteiger partial charge in [0.15, 0.2) is 0 Å². The Hall–Kier alpha value is -2.50. The summed E-state index contributed by atoms with van der Waals surface area (Å²) in [6.07, 6.45) is 8.60. The van der Waals surface area contributed by atoms with Crippen molar-refractivity contribution >= 4 is 5.91 Å². The van der Waals surface area contributed by atoms with Gasteiger partial charge in [-0.15, -0.1) is 5.10 Å². The zero-order chi connectivity index (χ0) is 16.7. The molecule has 2 aliphatic carbocycles. The first-order chi connectivity index (χ1) is 11.6. The summed E-state index contributed by atoms with van der Waals surface area (Å²) < 4.78 is 1.57. The van der Waals surface area contributed by atoms with Gasteiger partial charge in [-0.1, -0.05) is 18.2 Å². The minimum Gasteiger partial charge on any atom is -0.352 e. The van der Waals surface area contributed by atoms with Gasteiger partial charge in [0, 0.05) is 6.54 Å². The number of tetrazole rings is 1. The maximum atomic E-state index is 12.8. The molecule has 6 nitrogen and oxygen atoms in total. The summed E-state index contributed by atoms with van der Waals surface area (Å²) in [5.41, 5.74) is 3.49. The summed E-state index contributed by atoms with van der Waals surface area (Å²) in [6.45, 7) is 4.74. The molecule has 1 N–H and O–H groups in total. The number of nitrogens with zero attached hydrogens (tertiary/aromatic N) is 4. The standard InChI is InChI=1S/C18H21N5O/c1-11-3-6-16(17(12(11)2)23-10-20-21-22-23)18(24)19-9-15-8-13-4-5-14(15)7-13/h3-6,10,13-15H,7-9H2,1-2H3,(H,19,24). The Labute approximate surface area is 140 Å². The van der Waals surface area contributed by atoms with E-state index in [0.29, 0.717) is 17.4 Å². The molecule has 2 aromatic rings. The van der Waals surface area contributed by atoms with Crippen molar-refractivity contribution < 1.29 is 4.79 Å². The fourth-order valence-corrected chi connectivity index (χ4v) is 3.99. The molecule has 1 aromatic carbocycles. The van der Waals surface area contributed by atoms with Crippen molar-refractivity contribution in [3.63, 3.8) is 0 Å². The molecule has 24 heavy (non-hydrogen) atoms. The van der Waals surface area contributed by atoms with Gasteiger partial charge in [-0.3, -0.25) is 4.79 Å². The van der Waals surface area contributed by atoms with Crippen LogP contribution in [-0.4, -0.2) is 32.7 Å². The summed E-state index contributed by atoms with van der Waals surface area (Å²) in [6, 6.07) is 3.83. The number of amides is 1. The predicted octanol–water partition coefficient (Wildman–Crippen LogP) is 2.22. The van der Waals surface area contributed by atoms with Crippen molar-refractivity contribution in [3.05, 3.63) is 47.3 Å². The van der Waals surface area contributed by atoms with Crippen LogP contribution in [0.25, 0.3) is 5.69 Å². The highest BCUT2D eigenvalue weighted by Crippen LogP contribution is 2.43. The quantitative estimate of drug-likeness (QED) is 0.876. The van der Waals surface area contributed by atoms with Crippen molar-refractivity contribution in [3.8, 4) is 5.69 Å². The molecule has 1 amide bonds. The molecule has 124 valence electrons. The number of hydrogen-bond donors (Lipinski definition) is 1. The fourth-order valence-electron chi connectivity index (χ4n) is 3.99. The second-order valence-electron chi connectivity index (χ2n) is 6.91. The lowest BCUT2D eigenvalue weighted by Crippen LogP contribution is -2.31. The minimum absolute atomic E-state index is 0.0599. The highest BCUT2D eigenvalue weighted by atomic mass is 16.1. The third-order valence-corrected chi connectivity index (χ3v) is 5.47. The van der Waals surface area contributed by atoms with Crippen LogP contribution in [0.4, 0.5) is 0 Å². The number of allylic oxidation sites excluding steroid dienone is 2.